The summed E-state index contributed by atoms with van der Waals surface area (Å²) in [5, 5.41) is 15.8. The Kier molecular flexibility index (Phi) is 3.76. The molecule has 0 radical (unpaired) electrons. The molecule has 1 unspecified atom stereocenters. The molecule has 2 rings (SSSR count). The SMILES string of the molecule is Cc1nc(C(C)Nc2ccccc2CO)cs1. The molecule has 3 nitrogen and oxygen atoms in total. The Balaban J connectivity index is 2.15. The molecule has 90 valence electrons. The van der Waals surface area contributed by atoms with E-state index < -0.39 is 0 Å². The second kappa shape index (κ2) is 5.29. The van der Waals surface area contributed by atoms with Gasteiger partial charge in [0.25, 0.3) is 0 Å². The number of nitrogens with zero attached hydrogens (tertiary/aromatic N) is 1. The molecule has 0 bridgehead atoms. The molecular weight excluding hydrogens is 232 g/mol. The lowest BCUT2D eigenvalue weighted by Crippen LogP contribution is -2.08. The average molecular weight is 248 g/mol. The van der Waals surface area contributed by atoms with Gasteiger partial charge in [0.15, 0.2) is 0 Å². The van der Waals surface area contributed by atoms with Gasteiger partial charge in [-0.25, -0.2) is 4.98 Å². The minimum atomic E-state index is 0.0476. The van der Waals surface area contributed by atoms with Crippen LogP contribution in [0.2, 0.25) is 0 Å². The number of hydrogen-bond donors (Lipinski definition) is 2. The van der Waals surface area contributed by atoms with Crippen molar-refractivity contribution in [2.24, 2.45) is 0 Å². The molecule has 0 amide bonds. The van der Waals surface area contributed by atoms with Crippen molar-refractivity contribution in [2.45, 2.75) is 26.5 Å². The summed E-state index contributed by atoms with van der Waals surface area (Å²) >= 11 is 1.65. The maximum Gasteiger partial charge on any atom is 0.0898 e. The number of benzene rings is 1. The lowest BCUT2D eigenvalue weighted by Gasteiger charge is -2.15. The third kappa shape index (κ3) is 2.84. The minimum absolute atomic E-state index is 0.0476. The van der Waals surface area contributed by atoms with E-state index in [1.54, 1.807) is 11.3 Å². The van der Waals surface area contributed by atoms with Crippen LogP contribution in [0, 0.1) is 6.92 Å². The van der Waals surface area contributed by atoms with Crippen molar-refractivity contribution in [3.63, 3.8) is 0 Å². The van der Waals surface area contributed by atoms with Crippen LogP contribution in [0.5, 0.6) is 0 Å². The van der Waals surface area contributed by atoms with Crippen molar-refractivity contribution < 1.29 is 5.11 Å². The third-order valence-electron chi connectivity index (χ3n) is 2.64. The summed E-state index contributed by atoms with van der Waals surface area (Å²) in [6.45, 7) is 4.12. The van der Waals surface area contributed by atoms with E-state index in [-0.39, 0.29) is 12.6 Å². The molecule has 0 fully saturated rings. The number of rotatable bonds is 4. The van der Waals surface area contributed by atoms with E-state index >= 15 is 0 Å². The predicted molar refractivity (Wildman–Crippen MR) is 71.3 cm³/mol. The molecule has 0 aliphatic heterocycles. The van der Waals surface area contributed by atoms with Gasteiger partial charge in [-0.2, -0.15) is 0 Å². The van der Waals surface area contributed by atoms with Gasteiger partial charge in [-0.1, -0.05) is 18.2 Å². The van der Waals surface area contributed by atoms with Crippen molar-refractivity contribution in [1.82, 2.24) is 4.98 Å². The molecule has 0 aliphatic rings. The highest BCUT2D eigenvalue weighted by Gasteiger charge is 2.10. The molecule has 1 atom stereocenters. The highest BCUT2D eigenvalue weighted by Crippen LogP contribution is 2.23. The quantitative estimate of drug-likeness (QED) is 0.873. The monoisotopic (exact) mass is 248 g/mol. The fourth-order valence-corrected chi connectivity index (χ4v) is 2.39. The summed E-state index contributed by atoms with van der Waals surface area (Å²) in [7, 11) is 0. The topological polar surface area (TPSA) is 45.2 Å². The van der Waals surface area contributed by atoms with E-state index in [0.717, 1.165) is 22.0 Å². The van der Waals surface area contributed by atoms with Gasteiger partial charge in [0, 0.05) is 16.6 Å². The van der Waals surface area contributed by atoms with E-state index in [9.17, 15) is 5.11 Å². The van der Waals surface area contributed by atoms with E-state index in [2.05, 4.69) is 22.6 Å². The first-order chi connectivity index (χ1) is 8.20. The molecule has 0 aliphatic carbocycles. The van der Waals surface area contributed by atoms with Crippen LogP contribution in [0.4, 0.5) is 5.69 Å². The normalized spacial score (nSPS) is 12.4. The van der Waals surface area contributed by atoms with E-state index in [0.29, 0.717) is 0 Å². The van der Waals surface area contributed by atoms with Crippen molar-refractivity contribution in [1.29, 1.82) is 0 Å². The zero-order valence-electron chi connectivity index (χ0n) is 9.97. The molecule has 2 aromatic rings. The zero-order chi connectivity index (χ0) is 12.3. The maximum absolute atomic E-state index is 9.25. The van der Waals surface area contributed by atoms with Gasteiger partial charge >= 0.3 is 0 Å². The largest absolute Gasteiger partial charge is 0.392 e. The number of para-hydroxylation sites is 1. The van der Waals surface area contributed by atoms with Crippen LogP contribution in [-0.4, -0.2) is 10.1 Å². The summed E-state index contributed by atoms with van der Waals surface area (Å²) in [6.07, 6.45) is 0. The predicted octanol–water partition coefficient (Wildman–Crippen LogP) is 3.12. The zero-order valence-corrected chi connectivity index (χ0v) is 10.8. The van der Waals surface area contributed by atoms with Crippen molar-refractivity contribution >= 4 is 17.0 Å². The van der Waals surface area contributed by atoms with Gasteiger partial charge in [-0.3, -0.25) is 0 Å². The number of aryl methyl sites for hydroxylation is 1. The van der Waals surface area contributed by atoms with Crippen LogP contribution < -0.4 is 5.32 Å². The molecule has 17 heavy (non-hydrogen) atoms. The fraction of sp³-hybridized carbons (Fsp3) is 0.308. The Morgan fingerprint density at radius 1 is 1.41 bits per heavy atom. The lowest BCUT2D eigenvalue weighted by atomic mass is 10.1. The van der Waals surface area contributed by atoms with Crippen LogP contribution in [0.1, 0.15) is 29.2 Å². The number of aromatic nitrogens is 1. The van der Waals surface area contributed by atoms with Gasteiger partial charge in [0.05, 0.1) is 23.4 Å². The Labute approximate surface area is 105 Å². The van der Waals surface area contributed by atoms with Gasteiger partial charge in [-0.05, 0) is 19.9 Å². The molecule has 0 saturated heterocycles. The standard InChI is InChI=1S/C13H16N2OS/c1-9(13-8-17-10(2)15-13)14-12-6-4-3-5-11(12)7-16/h3-6,8-9,14,16H,7H2,1-2H3. The summed E-state index contributed by atoms with van der Waals surface area (Å²) in [5.41, 5.74) is 2.92. The van der Waals surface area contributed by atoms with Gasteiger partial charge in [0.1, 0.15) is 0 Å². The first-order valence-electron chi connectivity index (χ1n) is 5.58. The number of hydrogen-bond acceptors (Lipinski definition) is 4. The molecule has 1 aromatic carbocycles. The van der Waals surface area contributed by atoms with E-state index in [4.69, 9.17) is 0 Å². The Bertz CT molecular complexity index is 496. The number of anilines is 1. The van der Waals surface area contributed by atoms with Crippen molar-refractivity contribution in [3.05, 3.63) is 45.9 Å². The third-order valence-corrected chi connectivity index (χ3v) is 3.43. The number of thiazole rings is 1. The summed E-state index contributed by atoms with van der Waals surface area (Å²) < 4.78 is 0. The molecule has 1 heterocycles. The first-order valence-corrected chi connectivity index (χ1v) is 6.46. The van der Waals surface area contributed by atoms with Gasteiger partial charge in [-0.15, -0.1) is 11.3 Å². The molecule has 2 N–H and O–H groups in total. The summed E-state index contributed by atoms with van der Waals surface area (Å²) in [4.78, 5) is 4.46. The smallest absolute Gasteiger partial charge is 0.0898 e. The van der Waals surface area contributed by atoms with Crippen molar-refractivity contribution in [2.75, 3.05) is 5.32 Å². The Morgan fingerprint density at radius 2 is 2.18 bits per heavy atom. The lowest BCUT2D eigenvalue weighted by molar-refractivity contribution is 0.282. The molecular formula is C13H16N2OS. The fourth-order valence-electron chi connectivity index (χ4n) is 1.69. The molecule has 1 aromatic heterocycles. The Hall–Kier alpha value is -1.39. The highest BCUT2D eigenvalue weighted by atomic mass is 32.1. The second-order valence-electron chi connectivity index (χ2n) is 3.97. The number of aliphatic hydroxyl groups excluding tert-OH is 1. The van der Waals surface area contributed by atoms with E-state index in [1.807, 2.05) is 31.2 Å². The van der Waals surface area contributed by atoms with Crippen LogP contribution in [0.15, 0.2) is 29.6 Å². The molecule has 4 heteroatoms. The van der Waals surface area contributed by atoms with Crippen LogP contribution in [-0.2, 0) is 6.61 Å². The van der Waals surface area contributed by atoms with Crippen LogP contribution in [0.25, 0.3) is 0 Å². The number of aliphatic hydroxyl groups is 1. The highest BCUT2D eigenvalue weighted by molar-refractivity contribution is 7.09. The van der Waals surface area contributed by atoms with Crippen LogP contribution in [0.3, 0.4) is 0 Å². The van der Waals surface area contributed by atoms with Gasteiger partial charge in [0.2, 0.25) is 0 Å². The van der Waals surface area contributed by atoms with Crippen LogP contribution >= 0.6 is 11.3 Å². The van der Waals surface area contributed by atoms with E-state index in [1.165, 1.54) is 0 Å². The number of nitrogens with one attached hydrogen (secondary N) is 1. The summed E-state index contributed by atoms with van der Waals surface area (Å²) in [5.74, 6) is 0. The first kappa shape index (κ1) is 12.1. The molecule has 0 saturated carbocycles. The van der Waals surface area contributed by atoms with Gasteiger partial charge < -0.3 is 10.4 Å². The average Bonchev–Trinajstić information content (AvgIpc) is 2.77. The minimum Gasteiger partial charge on any atom is -0.392 e. The Morgan fingerprint density at radius 3 is 2.82 bits per heavy atom. The second-order valence-corrected chi connectivity index (χ2v) is 5.03. The maximum atomic E-state index is 9.25. The summed E-state index contributed by atoms with van der Waals surface area (Å²) in [6, 6.07) is 7.92. The molecule has 0 spiro atoms. The van der Waals surface area contributed by atoms with Crippen molar-refractivity contribution in [3.8, 4) is 0 Å².